The van der Waals surface area contributed by atoms with Crippen LogP contribution >= 0.6 is 67.8 Å². The van der Waals surface area contributed by atoms with Crippen LogP contribution in [0.2, 0.25) is 0 Å². The van der Waals surface area contributed by atoms with Crippen LogP contribution in [0.15, 0.2) is 12.1 Å². The number of nitrogens with two attached hydrogens (primary N) is 1. The number of ether oxygens (including phenoxy) is 1. The van der Waals surface area contributed by atoms with Gasteiger partial charge in [0.05, 0.1) is 18.7 Å². The number of hydrogen-bond acceptors (Lipinski definition) is 2. The van der Waals surface area contributed by atoms with Crippen LogP contribution < -0.4 is 5.32 Å². The largest absolute Gasteiger partial charge is 0.456 e. The zero-order valence-electron chi connectivity index (χ0n) is 12.1. The summed E-state index contributed by atoms with van der Waals surface area (Å²) in [5.74, 6) is 0.256. The average molecular weight is 626 g/mol. The molecule has 1 aliphatic heterocycles. The lowest BCUT2D eigenvalue weighted by atomic mass is 9.83. The van der Waals surface area contributed by atoms with Gasteiger partial charge in [0.15, 0.2) is 0 Å². The first-order valence-electron chi connectivity index (χ1n) is 7.01. The molecule has 0 radical (unpaired) electrons. The first-order chi connectivity index (χ1) is 9.83. The van der Waals surface area contributed by atoms with Crippen LogP contribution in [0.1, 0.15) is 37.0 Å². The van der Waals surface area contributed by atoms with Crippen molar-refractivity contribution in [1.29, 1.82) is 0 Å². The third kappa shape index (κ3) is 4.43. The second-order valence-electron chi connectivity index (χ2n) is 5.85. The fourth-order valence-corrected chi connectivity index (χ4v) is 5.04. The lowest BCUT2D eigenvalue weighted by Gasteiger charge is -2.35. The Morgan fingerprint density at radius 2 is 1.76 bits per heavy atom. The summed E-state index contributed by atoms with van der Waals surface area (Å²) in [7, 11) is 0. The fraction of sp³-hybridized carbons (Fsp3) is 0.533. The third-order valence-corrected chi connectivity index (χ3v) is 7.98. The molecular formula is C15H19I3NO2+. The molecule has 2 rings (SSSR count). The molecule has 0 unspecified atom stereocenters. The zero-order valence-corrected chi connectivity index (χ0v) is 18.6. The van der Waals surface area contributed by atoms with Crippen molar-refractivity contribution in [3.8, 4) is 0 Å². The number of rotatable bonds is 3. The summed E-state index contributed by atoms with van der Waals surface area (Å²) < 4.78 is 8.94. The number of halogens is 3. The second-order valence-corrected chi connectivity index (χ2v) is 9.25. The molecular weight excluding hydrogens is 607 g/mol. The molecule has 0 amide bonds. The molecule has 6 heteroatoms. The topological polar surface area (TPSA) is 42.9 Å². The highest BCUT2D eigenvalue weighted by molar-refractivity contribution is 14.1. The number of quaternary nitrogens is 1. The maximum Gasteiger partial charge on any atom is 0.340 e. The van der Waals surface area contributed by atoms with Gasteiger partial charge in [0, 0.05) is 29.5 Å². The van der Waals surface area contributed by atoms with Gasteiger partial charge in [0.1, 0.15) is 5.60 Å². The normalized spacial score (nSPS) is 16.8. The number of hydrogen-bond donors (Lipinski definition) is 1. The van der Waals surface area contributed by atoms with E-state index < -0.39 is 5.60 Å². The quantitative estimate of drug-likeness (QED) is 0.318. The maximum atomic E-state index is 12.7. The van der Waals surface area contributed by atoms with Crippen LogP contribution in [0.25, 0.3) is 0 Å². The van der Waals surface area contributed by atoms with Crippen LogP contribution in [0.4, 0.5) is 0 Å². The molecule has 0 spiro atoms. The molecule has 0 aliphatic carbocycles. The fourth-order valence-electron chi connectivity index (χ4n) is 2.71. The Hall–Kier alpha value is 0.840. The average Bonchev–Trinajstić information content (AvgIpc) is 2.44. The van der Waals surface area contributed by atoms with Gasteiger partial charge in [-0.05, 0) is 93.8 Å². The summed E-state index contributed by atoms with van der Waals surface area (Å²) in [6.45, 7) is 6.36. The molecule has 1 fully saturated rings. The van der Waals surface area contributed by atoms with Gasteiger partial charge in [-0.3, -0.25) is 0 Å². The minimum atomic E-state index is -0.404. The first-order valence-corrected chi connectivity index (χ1v) is 10.2. The zero-order chi connectivity index (χ0) is 15.6. The highest BCUT2D eigenvalue weighted by Crippen LogP contribution is 2.31. The summed E-state index contributed by atoms with van der Waals surface area (Å²) in [6.07, 6.45) is 2.22. The summed E-state index contributed by atoms with van der Waals surface area (Å²) in [4.78, 5) is 12.7. The van der Waals surface area contributed by atoms with E-state index in [1.165, 1.54) is 0 Å². The number of carbonyl (C=O) groups is 1. The minimum Gasteiger partial charge on any atom is -0.456 e. The van der Waals surface area contributed by atoms with Gasteiger partial charge in [-0.25, -0.2) is 4.79 Å². The van der Waals surface area contributed by atoms with Gasteiger partial charge in [-0.15, -0.1) is 0 Å². The van der Waals surface area contributed by atoms with Gasteiger partial charge in [0.25, 0.3) is 0 Å². The van der Waals surface area contributed by atoms with E-state index in [-0.39, 0.29) is 5.97 Å². The van der Waals surface area contributed by atoms with Gasteiger partial charge < -0.3 is 10.1 Å². The van der Waals surface area contributed by atoms with Crippen LogP contribution in [0, 0.1) is 16.6 Å². The Balaban J connectivity index is 2.19. The molecule has 1 aromatic carbocycles. The molecule has 3 nitrogen and oxygen atoms in total. The first kappa shape index (κ1) is 18.2. The summed E-state index contributed by atoms with van der Waals surface area (Å²) in [5, 5.41) is 2.33. The Kier molecular flexibility index (Phi) is 6.59. The summed E-state index contributed by atoms with van der Waals surface area (Å²) >= 11 is 6.70. The van der Waals surface area contributed by atoms with Gasteiger partial charge in [-0.2, -0.15) is 0 Å². The molecule has 0 atom stereocenters. The predicted octanol–water partition coefficient (Wildman–Crippen LogP) is 3.41. The molecule has 1 aliphatic rings. The monoisotopic (exact) mass is 626 g/mol. The Morgan fingerprint density at radius 3 is 2.38 bits per heavy atom. The van der Waals surface area contributed by atoms with E-state index in [1.807, 2.05) is 12.1 Å². The standard InChI is InChI=1S/C15H18I3NO2/c1-15(2,9-5-7-19-8-6-9)21-14(20)12-10(16)3-4-11(17)13(12)18/h3-4,9,19H,5-8H2,1-2H3/p+1. The molecule has 21 heavy (non-hydrogen) atoms. The van der Waals surface area contributed by atoms with Crippen LogP contribution in [-0.2, 0) is 4.74 Å². The van der Waals surface area contributed by atoms with E-state index in [4.69, 9.17) is 4.74 Å². The van der Waals surface area contributed by atoms with Crippen molar-refractivity contribution in [1.82, 2.24) is 0 Å². The van der Waals surface area contributed by atoms with Crippen molar-refractivity contribution in [3.05, 3.63) is 28.4 Å². The van der Waals surface area contributed by atoms with Crippen molar-refractivity contribution < 1.29 is 14.8 Å². The van der Waals surface area contributed by atoms with Crippen molar-refractivity contribution in [3.63, 3.8) is 0 Å². The van der Waals surface area contributed by atoms with Crippen molar-refractivity contribution in [2.45, 2.75) is 32.3 Å². The van der Waals surface area contributed by atoms with E-state index >= 15 is 0 Å². The third-order valence-electron chi connectivity index (χ3n) is 4.03. The SMILES string of the molecule is CC(C)(OC(=O)c1c(I)ccc(I)c1I)C1CC[NH2+]CC1. The molecule has 1 aromatic rings. The van der Waals surface area contributed by atoms with E-state index in [0.717, 1.165) is 36.6 Å². The van der Waals surface area contributed by atoms with Crippen LogP contribution in [-0.4, -0.2) is 24.7 Å². The molecule has 0 aromatic heterocycles. The predicted molar refractivity (Wildman–Crippen MR) is 108 cm³/mol. The molecule has 2 N–H and O–H groups in total. The number of benzene rings is 1. The molecule has 116 valence electrons. The lowest BCUT2D eigenvalue weighted by molar-refractivity contribution is -0.665. The summed E-state index contributed by atoms with van der Waals surface area (Å²) in [5.41, 5.74) is 0.303. The van der Waals surface area contributed by atoms with E-state index in [0.29, 0.717) is 11.5 Å². The molecule has 0 bridgehead atoms. The van der Waals surface area contributed by atoms with Gasteiger partial charge in [0.2, 0.25) is 0 Å². The maximum absolute atomic E-state index is 12.7. The second kappa shape index (κ2) is 7.61. The molecule has 1 heterocycles. The Morgan fingerprint density at radius 1 is 1.19 bits per heavy atom. The number of piperidine rings is 1. The van der Waals surface area contributed by atoms with E-state index in [2.05, 4.69) is 86.9 Å². The minimum absolute atomic E-state index is 0.193. The molecule has 1 saturated heterocycles. The van der Waals surface area contributed by atoms with Gasteiger partial charge >= 0.3 is 5.97 Å². The molecule has 0 saturated carbocycles. The number of esters is 1. The van der Waals surface area contributed by atoms with Gasteiger partial charge in [-0.1, -0.05) is 0 Å². The van der Waals surface area contributed by atoms with Crippen LogP contribution in [0.5, 0.6) is 0 Å². The lowest BCUT2D eigenvalue weighted by Crippen LogP contribution is -2.86. The van der Waals surface area contributed by atoms with E-state index in [1.54, 1.807) is 0 Å². The Bertz CT molecular complexity index is 540. The highest BCUT2D eigenvalue weighted by Gasteiger charge is 2.36. The smallest absolute Gasteiger partial charge is 0.340 e. The van der Waals surface area contributed by atoms with Crippen molar-refractivity contribution >= 4 is 73.7 Å². The Labute approximate surface area is 166 Å². The van der Waals surface area contributed by atoms with Crippen molar-refractivity contribution in [2.75, 3.05) is 13.1 Å². The highest BCUT2D eigenvalue weighted by atomic mass is 127. The number of carbonyl (C=O) groups excluding carboxylic acids is 1. The summed E-state index contributed by atoms with van der Waals surface area (Å²) in [6, 6.07) is 4.01. The van der Waals surface area contributed by atoms with Crippen molar-refractivity contribution in [2.24, 2.45) is 5.92 Å². The van der Waals surface area contributed by atoms with Crippen LogP contribution in [0.3, 0.4) is 0 Å². The van der Waals surface area contributed by atoms with E-state index in [9.17, 15) is 4.79 Å².